The summed E-state index contributed by atoms with van der Waals surface area (Å²) < 4.78 is 41.1. The van der Waals surface area contributed by atoms with Crippen LogP contribution < -0.4 is 15.4 Å². The molecule has 1 atom stereocenters. The van der Waals surface area contributed by atoms with Gasteiger partial charge in [0.05, 0.1) is 0 Å². The summed E-state index contributed by atoms with van der Waals surface area (Å²) in [6.07, 6.45) is -2.44. The smallest absolute Gasteiger partial charge is 0.406 e. The number of nitrogens with one attached hydrogen (secondary N) is 2. The maximum atomic E-state index is 12.5. The first-order chi connectivity index (χ1) is 16.2. The molecule has 8 heteroatoms. The molecule has 178 valence electrons. The summed E-state index contributed by atoms with van der Waals surface area (Å²) in [5.41, 5.74) is 1.08. The Hall–Kier alpha value is -3.55. The molecule has 0 saturated carbocycles. The minimum absolute atomic E-state index is 0.0253. The van der Waals surface area contributed by atoms with Crippen LogP contribution in [0.1, 0.15) is 36.8 Å². The number of carbonyl (C=O) groups is 2. The fourth-order valence-electron chi connectivity index (χ4n) is 4.42. The van der Waals surface area contributed by atoms with Gasteiger partial charge in [-0.2, -0.15) is 0 Å². The Labute approximate surface area is 195 Å². The van der Waals surface area contributed by atoms with Crippen LogP contribution in [-0.2, 0) is 22.6 Å². The van der Waals surface area contributed by atoms with Gasteiger partial charge in [-0.25, -0.2) is 0 Å². The maximum Gasteiger partial charge on any atom is 0.573 e. The monoisotopic (exact) mass is 470 g/mol. The molecule has 2 N–H and O–H groups in total. The lowest BCUT2D eigenvalue weighted by Crippen LogP contribution is -2.44. The first kappa shape index (κ1) is 23.6. The second-order valence-corrected chi connectivity index (χ2v) is 8.66. The molecule has 1 aliphatic heterocycles. The molecule has 1 unspecified atom stereocenters. The van der Waals surface area contributed by atoms with Crippen molar-refractivity contribution in [3.8, 4) is 5.75 Å². The van der Waals surface area contributed by atoms with Crippen molar-refractivity contribution in [3.05, 3.63) is 77.9 Å². The van der Waals surface area contributed by atoms with Crippen molar-refractivity contribution >= 4 is 22.6 Å². The van der Waals surface area contributed by atoms with E-state index >= 15 is 0 Å². The summed E-state index contributed by atoms with van der Waals surface area (Å²) in [7, 11) is 0. The largest absolute Gasteiger partial charge is 0.573 e. The molecule has 1 heterocycles. The first-order valence-corrected chi connectivity index (χ1v) is 11.1. The van der Waals surface area contributed by atoms with E-state index in [9.17, 15) is 22.8 Å². The lowest BCUT2D eigenvalue weighted by molar-refractivity contribution is -0.274. The Kier molecular flexibility index (Phi) is 6.77. The summed E-state index contributed by atoms with van der Waals surface area (Å²) >= 11 is 0. The average Bonchev–Trinajstić information content (AvgIpc) is 3.16. The number of alkyl halides is 3. The number of hydrogen-bond acceptors (Lipinski definition) is 3. The van der Waals surface area contributed by atoms with E-state index in [2.05, 4.69) is 27.5 Å². The molecule has 1 fully saturated rings. The van der Waals surface area contributed by atoms with Gasteiger partial charge in [0.15, 0.2) is 0 Å². The van der Waals surface area contributed by atoms with Crippen molar-refractivity contribution < 1.29 is 27.5 Å². The van der Waals surface area contributed by atoms with E-state index < -0.39 is 11.9 Å². The molecule has 0 aliphatic carbocycles. The number of amides is 2. The topological polar surface area (TPSA) is 67.4 Å². The van der Waals surface area contributed by atoms with Crippen LogP contribution in [0.15, 0.2) is 66.7 Å². The van der Waals surface area contributed by atoms with E-state index in [4.69, 9.17) is 0 Å². The van der Waals surface area contributed by atoms with Gasteiger partial charge < -0.3 is 15.4 Å². The molecule has 1 aliphatic rings. The van der Waals surface area contributed by atoms with Crippen LogP contribution in [-0.4, -0.2) is 23.7 Å². The lowest BCUT2D eigenvalue weighted by Gasteiger charge is -2.29. The zero-order chi connectivity index (χ0) is 24.2. The number of rotatable bonds is 8. The van der Waals surface area contributed by atoms with Crippen molar-refractivity contribution in [1.29, 1.82) is 0 Å². The van der Waals surface area contributed by atoms with E-state index in [0.717, 1.165) is 16.3 Å². The van der Waals surface area contributed by atoms with E-state index in [1.807, 2.05) is 30.3 Å². The predicted molar refractivity (Wildman–Crippen MR) is 122 cm³/mol. The summed E-state index contributed by atoms with van der Waals surface area (Å²) in [5.74, 6) is -0.592. The van der Waals surface area contributed by atoms with E-state index in [1.165, 1.54) is 18.2 Å². The zero-order valence-electron chi connectivity index (χ0n) is 18.5. The fraction of sp³-hybridized carbons (Fsp3) is 0.308. The molecule has 1 saturated heterocycles. The Bertz CT molecular complexity index is 1200. The second kappa shape index (κ2) is 9.75. The molecule has 0 radical (unpaired) electrons. The highest BCUT2D eigenvalue weighted by Gasteiger charge is 2.38. The molecule has 0 aromatic heterocycles. The van der Waals surface area contributed by atoms with Gasteiger partial charge in [0, 0.05) is 24.9 Å². The van der Waals surface area contributed by atoms with Gasteiger partial charge in [-0.3, -0.25) is 9.59 Å². The van der Waals surface area contributed by atoms with E-state index in [1.54, 1.807) is 6.07 Å². The number of benzene rings is 3. The van der Waals surface area contributed by atoms with Crippen LogP contribution in [0.5, 0.6) is 5.75 Å². The highest BCUT2D eigenvalue weighted by molar-refractivity contribution is 5.83. The van der Waals surface area contributed by atoms with Crippen LogP contribution >= 0.6 is 0 Å². The molecule has 3 aromatic carbocycles. The van der Waals surface area contributed by atoms with Crippen LogP contribution in [0.3, 0.4) is 0 Å². The van der Waals surface area contributed by atoms with Gasteiger partial charge in [-0.1, -0.05) is 54.6 Å². The minimum atomic E-state index is -4.77. The Morgan fingerprint density at radius 2 is 1.79 bits per heavy atom. The van der Waals surface area contributed by atoms with Gasteiger partial charge in [-0.15, -0.1) is 13.2 Å². The molecular weight excluding hydrogens is 445 g/mol. The van der Waals surface area contributed by atoms with Gasteiger partial charge in [-0.05, 0) is 53.3 Å². The molecular formula is C26H25F3N2O3. The molecule has 34 heavy (non-hydrogen) atoms. The molecule has 3 aromatic rings. The normalized spacial score (nSPS) is 18.0. The third-order valence-electron chi connectivity index (χ3n) is 6.04. The third kappa shape index (κ3) is 6.27. The van der Waals surface area contributed by atoms with Crippen LogP contribution in [0.2, 0.25) is 0 Å². The zero-order valence-corrected chi connectivity index (χ0v) is 18.5. The standard InChI is InChI=1S/C26H25F3N2O3/c27-26(28,29)34-22-7-3-4-19(15-22)17-30-23(32)10-12-25(13-11-24(33)31-25)16-18-8-9-20-5-1-2-6-21(20)14-18/h1-9,14-15H,10-13,16-17H2,(H,30,32)(H,31,33). The van der Waals surface area contributed by atoms with Crippen LogP contribution in [0.4, 0.5) is 13.2 Å². The van der Waals surface area contributed by atoms with Gasteiger partial charge >= 0.3 is 6.36 Å². The quantitative estimate of drug-likeness (QED) is 0.486. The predicted octanol–water partition coefficient (Wildman–Crippen LogP) is 5.03. The number of carbonyl (C=O) groups excluding carboxylic acids is 2. The molecule has 0 bridgehead atoms. The van der Waals surface area contributed by atoms with Crippen LogP contribution in [0, 0.1) is 0 Å². The Morgan fingerprint density at radius 3 is 2.53 bits per heavy atom. The van der Waals surface area contributed by atoms with Crippen molar-refractivity contribution in [2.45, 2.75) is 50.6 Å². The van der Waals surface area contributed by atoms with Gasteiger partial charge in [0.25, 0.3) is 0 Å². The molecule has 4 rings (SSSR count). The third-order valence-corrected chi connectivity index (χ3v) is 6.04. The highest BCUT2D eigenvalue weighted by Crippen LogP contribution is 2.31. The van der Waals surface area contributed by atoms with Crippen molar-refractivity contribution in [2.24, 2.45) is 0 Å². The van der Waals surface area contributed by atoms with Crippen LogP contribution in [0.25, 0.3) is 10.8 Å². The summed E-state index contributed by atoms with van der Waals surface area (Å²) in [5, 5.41) is 8.08. The SMILES string of the molecule is O=C(CCC1(Cc2ccc3ccccc3c2)CCC(=O)N1)NCc1cccc(OC(F)(F)F)c1. The molecule has 5 nitrogen and oxygen atoms in total. The lowest BCUT2D eigenvalue weighted by atomic mass is 9.84. The van der Waals surface area contributed by atoms with E-state index in [-0.39, 0.29) is 30.5 Å². The second-order valence-electron chi connectivity index (χ2n) is 8.66. The molecule has 2 amide bonds. The highest BCUT2D eigenvalue weighted by atomic mass is 19.4. The number of halogens is 3. The average molecular weight is 470 g/mol. The van der Waals surface area contributed by atoms with Gasteiger partial charge in [0.1, 0.15) is 5.75 Å². The van der Waals surface area contributed by atoms with Gasteiger partial charge in [0.2, 0.25) is 11.8 Å². The number of hydrogen-bond donors (Lipinski definition) is 2. The first-order valence-electron chi connectivity index (χ1n) is 11.1. The summed E-state index contributed by atoms with van der Waals surface area (Å²) in [6, 6.07) is 19.8. The minimum Gasteiger partial charge on any atom is -0.406 e. The van der Waals surface area contributed by atoms with E-state index in [0.29, 0.717) is 31.2 Å². The van der Waals surface area contributed by atoms with Crippen molar-refractivity contribution in [3.63, 3.8) is 0 Å². The fourth-order valence-corrected chi connectivity index (χ4v) is 4.42. The Balaban J connectivity index is 1.36. The number of fused-ring (bicyclic) bond motifs is 1. The summed E-state index contributed by atoms with van der Waals surface area (Å²) in [4.78, 5) is 24.5. The molecule has 0 spiro atoms. The summed E-state index contributed by atoms with van der Waals surface area (Å²) in [6.45, 7) is 0.0813. The number of ether oxygens (including phenoxy) is 1. The van der Waals surface area contributed by atoms with Crippen molar-refractivity contribution in [2.75, 3.05) is 0 Å². The Morgan fingerprint density at radius 1 is 1.00 bits per heavy atom. The van der Waals surface area contributed by atoms with Crippen molar-refractivity contribution in [1.82, 2.24) is 10.6 Å². The maximum absolute atomic E-state index is 12.5.